The van der Waals surface area contributed by atoms with Crippen molar-refractivity contribution in [3.63, 3.8) is 0 Å². The van der Waals surface area contributed by atoms with Crippen LogP contribution < -0.4 is 10.2 Å². The first-order valence-electron chi connectivity index (χ1n) is 6.31. The maximum Gasteiger partial charge on any atom is 0.673 e. The predicted molar refractivity (Wildman–Crippen MR) is 81.9 cm³/mol. The Bertz CT molecular complexity index is 876. The summed E-state index contributed by atoms with van der Waals surface area (Å²) in [6.45, 7) is 0. The molecule has 0 saturated carbocycles. The molecular formula is C14H9BBrF4NO2. The highest BCUT2D eigenvalue weighted by atomic mass is 79.9. The van der Waals surface area contributed by atoms with Crippen molar-refractivity contribution in [2.75, 3.05) is 0 Å². The second kappa shape index (κ2) is 6.95. The lowest BCUT2D eigenvalue weighted by Gasteiger charge is -1.98. The fourth-order valence-corrected chi connectivity index (χ4v) is 2.20. The average molecular weight is 390 g/mol. The SMILES string of the molecule is F[B-](F)(F)F.O=c1oc2ccccc2cc1-[n+]1cccc(Br)c1. The fraction of sp³-hybridized carbons (Fsp3) is 0. The fourth-order valence-electron chi connectivity index (χ4n) is 1.83. The summed E-state index contributed by atoms with van der Waals surface area (Å²) in [7, 11) is -6.00. The van der Waals surface area contributed by atoms with Gasteiger partial charge in [-0.05, 0) is 28.1 Å². The Kier molecular flexibility index (Phi) is 5.20. The van der Waals surface area contributed by atoms with Crippen LogP contribution in [0.3, 0.4) is 0 Å². The molecule has 0 bridgehead atoms. The Morgan fingerprint density at radius 3 is 2.35 bits per heavy atom. The Morgan fingerprint density at radius 2 is 1.70 bits per heavy atom. The van der Waals surface area contributed by atoms with Crippen molar-refractivity contribution in [2.45, 2.75) is 0 Å². The average Bonchev–Trinajstić information content (AvgIpc) is 2.45. The van der Waals surface area contributed by atoms with E-state index in [1.165, 1.54) is 0 Å². The molecule has 1 aromatic carbocycles. The topological polar surface area (TPSA) is 34.1 Å². The van der Waals surface area contributed by atoms with Crippen molar-refractivity contribution in [3.05, 3.63) is 69.8 Å². The second-order valence-electron chi connectivity index (χ2n) is 4.38. The van der Waals surface area contributed by atoms with Crippen molar-refractivity contribution >= 4 is 34.2 Å². The summed E-state index contributed by atoms with van der Waals surface area (Å²) >= 11 is 3.38. The molecule has 0 unspecified atom stereocenters. The van der Waals surface area contributed by atoms with Crippen molar-refractivity contribution in [1.29, 1.82) is 0 Å². The first-order valence-corrected chi connectivity index (χ1v) is 7.11. The first kappa shape index (κ1) is 17.2. The van der Waals surface area contributed by atoms with Gasteiger partial charge in [0.2, 0.25) is 0 Å². The van der Waals surface area contributed by atoms with Gasteiger partial charge in [-0.3, -0.25) is 0 Å². The number of rotatable bonds is 1. The minimum atomic E-state index is -6.00. The molecule has 0 amide bonds. The summed E-state index contributed by atoms with van der Waals surface area (Å²) in [5.41, 5.74) is 0.744. The zero-order chi connectivity index (χ0) is 17.0. The van der Waals surface area contributed by atoms with Gasteiger partial charge in [0.1, 0.15) is 5.58 Å². The number of halogens is 5. The molecule has 9 heteroatoms. The van der Waals surface area contributed by atoms with Gasteiger partial charge in [-0.1, -0.05) is 18.2 Å². The summed E-state index contributed by atoms with van der Waals surface area (Å²) in [5.74, 6) is 0. The van der Waals surface area contributed by atoms with E-state index in [0.717, 1.165) is 9.86 Å². The van der Waals surface area contributed by atoms with E-state index in [-0.39, 0.29) is 5.63 Å². The van der Waals surface area contributed by atoms with Gasteiger partial charge in [-0.25, -0.2) is 4.79 Å². The van der Waals surface area contributed by atoms with Crippen molar-refractivity contribution in [3.8, 4) is 5.69 Å². The third-order valence-corrected chi connectivity index (χ3v) is 3.13. The van der Waals surface area contributed by atoms with E-state index in [1.807, 2.05) is 48.8 Å². The van der Waals surface area contributed by atoms with Gasteiger partial charge in [0.25, 0.3) is 5.69 Å². The zero-order valence-electron chi connectivity index (χ0n) is 11.4. The highest BCUT2D eigenvalue weighted by Gasteiger charge is 2.20. The lowest BCUT2D eigenvalue weighted by molar-refractivity contribution is -0.598. The van der Waals surface area contributed by atoms with Gasteiger partial charge in [0.05, 0.1) is 4.47 Å². The molecule has 0 aliphatic carbocycles. The minimum Gasteiger partial charge on any atom is -0.418 e. The van der Waals surface area contributed by atoms with Gasteiger partial charge in [-0.15, -0.1) is 0 Å². The van der Waals surface area contributed by atoms with Crippen LogP contribution in [0.1, 0.15) is 0 Å². The quantitative estimate of drug-likeness (QED) is 0.271. The molecule has 2 heterocycles. The second-order valence-corrected chi connectivity index (χ2v) is 5.30. The molecule has 0 N–H and O–H groups in total. The number of para-hydroxylation sites is 1. The Labute approximate surface area is 136 Å². The van der Waals surface area contributed by atoms with Gasteiger partial charge >= 0.3 is 12.9 Å². The normalized spacial score (nSPS) is 11.0. The van der Waals surface area contributed by atoms with Crippen LogP contribution in [0.15, 0.2) is 68.5 Å². The maximum atomic E-state index is 11.9. The van der Waals surface area contributed by atoms with Gasteiger partial charge in [0.15, 0.2) is 12.4 Å². The van der Waals surface area contributed by atoms with Crippen LogP contribution in [0.4, 0.5) is 17.3 Å². The van der Waals surface area contributed by atoms with Crippen LogP contribution in [0, 0.1) is 0 Å². The zero-order valence-corrected chi connectivity index (χ0v) is 13.0. The minimum absolute atomic E-state index is 0.350. The maximum absolute atomic E-state index is 11.9. The number of nitrogens with zero attached hydrogens (tertiary/aromatic N) is 1. The lowest BCUT2D eigenvalue weighted by atomic mass is 10.2. The molecule has 0 radical (unpaired) electrons. The van der Waals surface area contributed by atoms with Crippen LogP contribution in [0.5, 0.6) is 0 Å². The van der Waals surface area contributed by atoms with Crippen LogP contribution in [0.25, 0.3) is 16.7 Å². The molecule has 23 heavy (non-hydrogen) atoms. The molecular weight excluding hydrogens is 381 g/mol. The van der Waals surface area contributed by atoms with E-state index in [2.05, 4.69) is 15.9 Å². The summed E-state index contributed by atoms with van der Waals surface area (Å²) in [5, 5.41) is 0.902. The van der Waals surface area contributed by atoms with E-state index < -0.39 is 7.25 Å². The van der Waals surface area contributed by atoms with E-state index in [0.29, 0.717) is 11.3 Å². The Hall–Kier alpha value is -2.16. The number of hydrogen-bond donors (Lipinski definition) is 0. The molecule has 3 nitrogen and oxygen atoms in total. The Balaban J connectivity index is 0.000000338. The van der Waals surface area contributed by atoms with E-state index >= 15 is 0 Å². The lowest BCUT2D eigenvalue weighted by Crippen LogP contribution is -2.35. The van der Waals surface area contributed by atoms with Crippen molar-refractivity contribution in [1.82, 2.24) is 0 Å². The molecule has 0 saturated heterocycles. The summed E-state index contributed by atoms with van der Waals surface area (Å²) < 4.78 is 46.9. The first-order chi connectivity index (χ1) is 10.7. The van der Waals surface area contributed by atoms with Gasteiger partial charge in [0, 0.05) is 17.5 Å². The number of pyridine rings is 1. The monoisotopic (exact) mass is 389 g/mol. The standard InChI is InChI=1S/C14H9BrNO2.BF4/c15-11-5-3-7-16(9-11)12-8-10-4-1-2-6-13(10)18-14(12)17;2-1(3,4)5/h1-9H;/q+1;-1. The summed E-state index contributed by atoms with van der Waals surface area (Å²) in [6, 6.07) is 13.0. The number of benzene rings is 1. The van der Waals surface area contributed by atoms with Crippen LogP contribution in [0.2, 0.25) is 0 Å². The van der Waals surface area contributed by atoms with Crippen LogP contribution in [-0.2, 0) is 0 Å². The largest absolute Gasteiger partial charge is 0.673 e. The van der Waals surface area contributed by atoms with Gasteiger partial charge < -0.3 is 21.7 Å². The van der Waals surface area contributed by atoms with Crippen LogP contribution in [-0.4, -0.2) is 7.25 Å². The molecule has 3 rings (SSSR count). The summed E-state index contributed by atoms with van der Waals surface area (Å²) in [6.07, 6.45) is 3.63. The Morgan fingerprint density at radius 1 is 1.04 bits per heavy atom. The van der Waals surface area contributed by atoms with Crippen molar-refractivity contribution < 1.29 is 26.2 Å². The van der Waals surface area contributed by atoms with Crippen molar-refractivity contribution in [2.24, 2.45) is 0 Å². The molecule has 0 atom stereocenters. The van der Waals surface area contributed by atoms with Gasteiger partial charge in [-0.2, -0.15) is 4.57 Å². The van der Waals surface area contributed by atoms with E-state index in [9.17, 15) is 22.1 Å². The predicted octanol–water partition coefficient (Wildman–Crippen LogP) is 4.13. The van der Waals surface area contributed by atoms with Crippen LogP contribution >= 0.6 is 15.9 Å². The molecule has 120 valence electrons. The summed E-state index contributed by atoms with van der Waals surface area (Å²) in [4.78, 5) is 11.9. The number of aromatic nitrogens is 1. The number of hydrogen-bond acceptors (Lipinski definition) is 2. The molecule has 0 aliphatic heterocycles. The molecule has 0 spiro atoms. The molecule has 0 fully saturated rings. The third-order valence-electron chi connectivity index (χ3n) is 2.67. The molecule has 2 aromatic heterocycles. The highest BCUT2D eigenvalue weighted by molar-refractivity contribution is 9.10. The third kappa shape index (κ3) is 5.20. The van der Waals surface area contributed by atoms with E-state index in [4.69, 9.17) is 4.42 Å². The van der Waals surface area contributed by atoms with E-state index in [1.54, 1.807) is 10.6 Å². The number of fused-ring (bicyclic) bond motifs is 1. The molecule has 0 aliphatic rings. The molecule has 3 aromatic rings. The smallest absolute Gasteiger partial charge is 0.418 e. The highest BCUT2D eigenvalue weighted by Crippen LogP contribution is 2.13.